The summed E-state index contributed by atoms with van der Waals surface area (Å²) in [6, 6.07) is 12.6. The molecule has 8 nitrogen and oxygen atoms in total. The van der Waals surface area contributed by atoms with E-state index in [2.05, 4.69) is 10.3 Å². The van der Waals surface area contributed by atoms with Crippen LogP contribution in [0.1, 0.15) is 24.2 Å². The molecule has 0 saturated carbocycles. The van der Waals surface area contributed by atoms with Crippen molar-refractivity contribution in [3.8, 4) is 11.3 Å². The van der Waals surface area contributed by atoms with Crippen LogP contribution in [0.3, 0.4) is 0 Å². The average molecular weight is 445 g/mol. The van der Waals surface area contributed by atoms with Crippen molar-refractivity contribution < 1.29 is 12.9 Å². The van der Waals surface area contributed by atoms with Crippen LogP contribution < -0.4 is 10.7 Å². The first kappa shape index (κ1) is 20.3. The molecule has 10 heteroatoms. The lowest BCUT2D eigenvalue weighted by atomic mass is 10.1. The van der Waals surface area contributed by atoms with Gasteiger partial charge in [-0.1, -0.05) is 41.0 Å². The van der Waals surface area contributed by atoms with Crippen LogP contribution in [0.2, 0.25) is 5.02 Å². The van der Waals surface area contributed by atoms with E-state index >= 15 is 0 Å². The van der Waals surface area contributed by atoms with Crippen molar-refractivity contribution in [2.24, 2.45) is 5.14 Å². The zero-order chi connectivity index (χ0) is 21.6. The largest absolute Gasteiger partial charge is 0.353 e. The van der Waals surface area contributed by atoms with Crippen LogP contribution >= 0.6 is 11.6 Å². The minimum atomic E-state index is -3.92. The molecule has 2 aromatic carbocycles. The molecule has 0 aliphatic heterocycles. The van der Waals surface area contributed by atoms with Crippen molar-refractivity contribution in [1.82, 2.24) is 14.9 Å². The number of nitrogens with zero attached hydrogens (tertiary/aromatic N) is 3. The average Bonchev–Trinajstić information content (AvgIpc) is 3.10. The highest BCUT2D eigenvalue weighted by molar-refractivity contribution is 7.89. The maximum atomic E-state index is 13.2. The van der Waals surface area contributed by atoms with Gasteiger partial charge in [-0.2, -0.15) is 5.10 Å². The number of aromatic nitrogens is 3. The molecule has 0 spiro atoms. The second-order valence-corrected chi connectivity index (χ2v) is 8.87. The smallest absolute Gasteiger partial charge is 0.280 e. The van der Waals surface area contributed by atoms with Gasteiger partial charge in [-0.05, 0) is 43.7 Å². The molecule has 0 aliphatic rings. The van der Waals surface area contributed by atoms with Gasteiger partial charge >= 0.3 is 0 Å². The summed E-state index contributed by atoms with van der Waals surface area (Å²) in [6.45, 7) is 3.49. The Morgan fingerprint density at radius 2 is 1.87 bits per heavy atom. The first-order valence-electron chi connectivity index (χ1n) is 8.94. The molecule has 0 saturated heterocycles. The third kappa shape index (κ3) is 3.51. The first-order valence-corrected chi connectivity index (χ1v) is 10.9. The lowest BCUT2D eigenvalue weighted by Crippen LogP contribution is -2.27. The highest BCUT2D eigenvalue weighted by Gasteiger charge is 2.23. The zero-order valence-corrected chi connectivity index (χ0v) is 17.6. The second-order valence-electron chi connectivity index (χ2n) is 6.87. The number of fused-ring (bicyclic) bond motifs is 1. The molecule has 2 heterocycles. The molecule has 30 heavy (non-hydrogen) atoms. The Hall–Kier alpha value is -3.01. The van der Waals surface area contributed by atoms with E-state index in [0.717, 1.165) is 5.56 Å². The van der Waals surface area contributed by atoms with Gasteiger partial charge in [0.15, 0.2) is 0 Å². The third-order valence-corrected chi connectivity index (χ3v) is 6.03. The molecule has 0 fully saturated rings. The standard InChI is InChI=1S/C20H17ClN4O4S/c1-11-17-19(29-24-11)18(14-4-3-5-16(10-14)30(22,27)28)23-25(20(17)26)12(2)13-6-8-15(21)9-7-13/h3-10,12H,1-2H3,(H2,22,27,28). The maximum Gasteiger partial charge on any atom is 0.280 e. The minimum absolute atomic E-state index is 0.0744. The first-order chi connectivity index (χ1) is 14.2. The van der Waals surface area contributed by atoms with Crippen molar-refractivity contribution in [3.05, 3.63) is 75.2 Å². The Kier molecular flexibility index (Phi) is 4.97. The summed E-state index contributed by atoms with van der Waals surface area (Å²) in [5.74, 6) is 0. The Morgan fingerprint density at radius 1 is 1.17 bits per heavy atom. The molecule has 1 atom stereocenters. The van der Waals surface area contributed by atoms with Gasteiger partial charge in [-0.3, -0.25) is 4.79 Å². The predicted octanol–water partition coefficient (Wildman–Crippen LogP) is 3.27. The molecule has 0 amide bonds. The number of nitrogens with two attached hydrogens (primary N) is 1. The van der Waals surface area contributed by atoms with Crippen LogP contribution in [-0.2, 0) is 10.0 Å². The summed E-state index contributed by atoms with van der Waals surface area (Å²) in [6.07, 6.45) is 0. The van der Waals surface area contributed by atoms with Crippen molar-refractivity contribution >= 4 is 32.6 Å². The number of primary sulfonamides is 1. The van der Waals surface area contributed by atoms with Crippen molar-refractivity contribution in [3.63, 3.8) is 0 Å². The fourth-order valence-electron chi connectivity index (χ4n) is 3.25. The number of hydrogen-bond acceptors (Lipinski definition) is 6. The lowest BCUT2D eigenvalue weighted by molar-refractivity contribution is 0.448. The maximum absolute atomic E-state index is 13.2. The Morgan fingerprint density at radius 3 is 2.53 bits per heavy atom. The van der Waals surface area contributed by atoms with Crippen LogP contribution in [-0.4, -0.2) is 23.4 Å². The summed E-state index contributed by atoms with van der Waals surface area (Å²) in [5, 5.41) is 14.5. The van der Waals surface area contributed by atoms with Gasteiger partial charge < -0.3 is 4.52 Å². The van der Waals surface area contributed by atoms with E-state index in [1.54, 1.807) is 31.2 Å². The zero-order valence-electron chi connectivity index (χ0n) is 16.0. The van der Waals surface area contributed by atoms with Crippen molar-refractivity contribution in [2.45, 2.75) is 24.8 Å². The van der Waals surface area contributed by atoms with Gasteiger partial charge in [0.05, 0.1) is 16.6 Å². The molecule has 2 aromatic heterocycles. The Labute approximate surface area is 176 Å². The molecule has 4 aromatic rings. The molecular formula is C20H17ClN4O4S. The van der Waals surface area contributed by atoms with E-state index in [1.165, 1.54) is 16.8 Å². The predicted molar refractivity (Wildman–Crippen MR) is 113 cm³/mol. The second kappa shape index (κ2) is 7.35. The molecule has 2 N–H and O–H groups in total. The molecule has 4 rings (SSSR count). The summed E-state index contributed by atoms with van der Waals surface area (Å²) >= 11 is 5.97. The van der Waals surface area contributed by atoms with Gasteiger partial charge in [0.1, 0.15) is 11.1 Å². The molecule has 0 bridgehead atoms. The normalized spacial score (nSPS) is 12.9. The molecule has 154 valence electrons. The minimum Gasteiger partial charge on any atom is -0.353 e. The monoisotopic (exact) mass is 444 g/mol. The van der Waals surface area contributed by atoms with E-state index in [0.29, 0.717) is 16.3 Å². The van der Waals surface area contributed by atoms with Crippen molar-refractivity contribution in [2.75, 3.05) is 0 Å². The lowest BCUT2D eigenvalue weighted by Gasteiger charge is -2.16. The fraction of sp³-hybridized carbons (Fsp3) is 0.150. The summed E-state index contributed by atoms with van der Waals surface area (Å²) in [5.41, 5.74) is 1.78. The Bertz CT molecular complexity index is 1430. The fourth-order valence-corrected chi connectivity index (χ4v) is 3.94. The van der Waals surface area contributed by atoms with Crippen LogP contribution in [0.15, 0.2) is 62.7 Å². The van der Waals surface area contributed by atoms with Gasteiger partial charge in [-0.15, -0.1) is 0 Å². The van der Waals surface area contributed by atoms with Gasteiger partial charge in [0, 0.05) is 10.6 Å². The highest BCUT2D eigenvalue weighted by atomic mass is 35.5. The molecular weight excluding hydrogens is 428 g/mol. The number of halogens is 1. The van der Waals surface area contributed by atoms with E-state index < -0.39 is 16.1 Å². The quantitative estimate of drug-likeness (QED) is 0.515. The number of hydrogen-bond donors (Lipinski definition) is 1. The van der Waals surface area contributed by atoms with Gasteiger partial charge in [0.25, 0.3) is 5.56 Å². The summed E-state index contributed by atoms with van der Waals surface area (Å²) in [4.78, 5) is 13.1. The third-order valence-electron chi connectivity index (χ3n) is 4.86. The number of benzene rings is 2. The molecule has 0 aliphatic carbocycles. The summed E-state index contributed by atoms with van der Waals surface area (Å²) in [7, 11) is -3.92. The van der Waals surface area contributed by atoms with E-state index in [1.807, 2.05) is 19.1 Å². The number of rotatable bonds is 4. The number of aryl methyl sites for hydroxylation is 1. The molecule has 1 unspecified atom stereocenters. The topological polar surface area (TPSA) is 121 Å². The summed E-state index contributed by atoms with van der Waals surface area (Å²) < 4.78 is 30.3. The number of sulfonamides is 1. The van der Waals surface area contributed by atoms with Crippen LogP contribution in [0, 0.1) is 6.92 Å². The van der Waals surface area contributed by atoms with E-state index in [4.69, 9.17) is 21.3 Å². The van der Waals surface area contributed by atoms with E-state index in [-0.39, 0.29) is 27.1 Å². The highest BCUT2D eigenvalue weighted by Crippen LogP contribution is 2.29. The molecule has 0 radical (unpaired) electrons. The van der Waals surface area contributed by atoms with Crippen molar-refractivity contribution in [1.29, 1.82) is 0 Å². The van der Waals surface area contributed by atoms with Gasteiger partial charge in [0.2, 0.25) is 15.6 Å². The Balaban J connectivity index is 1.99. The van der Waals surface area contributed by atoms with Crippen LogP contribution in [0.25, 0.3) is 22.2 Å². The van der Waals surface area contributed by atoms with Gasteiger partial charge in [-0.25, -0.2) is 18.2 Å². The SMILES string of the molecule is Cc1noc2c(-c3cccc(S(N)(=O)=O)c3)nn(C(C)c3ccc(Cl)cc3)c(=O)c12. The van der Waals surface area contributed by atoms with Crippen LogP contribution in [0.5, 0.6) is 0 Å². The van der Waals surface area contributed by atoms with E-state index in [9.17, 15) is 13.2 Å². The van der Waals surface area contributed by atoms with Crippen LogP contribution in [0.4, 0.5) is 0 Å².